The first-order valence-corrected chi connectivity index (χ1v) is 9.09. The van der Waals surface area contributed by atoms with Crippen LogP contribution in [0.1, 0.15) is 12.6 Å². The molecule has 4 aromatic rings. The standard InChI is InChI=1S/C23H22N4/c1-4-20-15-22(27(3)23(26-20)24-5-2)25-21-11-10-18-12-16-8-6-7-9-17(16)13-19(18)14-21/h5-15,25H,2,4H2,1,3H3. The monoisotopic (exact) mass is 354 g/mol. The van der Waals surface area contributed by atoms with Crippen molar-refractivity contribution >= 4 is 33.1 Å². The summed E-state index contributed by atoms with van der Waals surface area (Å²) in [6.07, 6.45) is 2.37. The van der Waals surface area contributed by atoms with Crippen LogP contribution in [-0.2, 0) is 13.5 Å². The van der Waals surface area contributed by atoms with E-state index in [1.54, 1.807) is 0 Å². The summed E-state index contributed by atoms with van der Waals surface area (Å²) in [4.78, 5) is 8.83. The summed E-state index contributed by atoms with van der Waals surface area (Å²) in [5, 5.41) is 8.46. The van der Waals surface area contributed by atoms with Crippen LogP contribution in [-0.4, -0.2) is 9.55 Å². The maximum absolute atomic E-state index is 4.55. The van der Waals surface area contributed by atoms with Crippen LogP contribution < -0.4 is 10.9 Å². The van der Waals surface area contributed by atoms with E-state index >= 15 is 0 Å². The summed E-state index contributed by atoms with van der Waals surface area (Å²) >= 11 is 0. The van der Waals surface area contributed by atoms with E-state index in [1.807, 2.05) is 11.6 Å². The lowest BCUT2D eigenvalue weighted by atomic mass is 10.0. The predicted octanol–water partition coefficient (Wildman–Crippen LogP) is 5.08. The number of anilines is 2. The van der Waals surface area contributed by atoms with Crippen LogP contribution in [0.3, 0.4) is 0 Å². The number of fused-ring (bicyclic) bond motifs is 2. The Balaban J connectivity index is 1.79. The number of nitrogens with one attached hydrogen (secondary N) is 1. The molecule has 0 spiro atoms. The number of benzene rings is 3. The lowest BCUT2D eigenvalue weighted by molar-refractivity contribution is 0.770. The van der Waals surface area contributed by atoms with Crippen molar-refractivity contribution in [1.82, 2.24) is 9.55 Å². The van der Waals surface area contributed by atoms with Crippen molar-refractivity contribution in [3.8, 4) is 0 Å². The van der Waals surface area contributed by atoms with E-state index in [0.29, 0.717) is 5.62 Å². The Morgan fingerprint density at radius 3 is 2.41 bits per heavy atom. The van der Waals surface area contributed by atoms with Gasteiger partial charge in [0.05, 0.1) is 0 Å². The number of hydrogen-bond donors (Lipinski definition) is 1. The molecule has 1 N–H and O–H groups in total. The number of rotatable bonds is 4. The van der Waals surface area contributed by atoms with Crippen molar-refractivity contribution in [3.63, 3.8) is 0 Å². The average molecular weight is 354 g/mol. The van der Waals surface area contributed by atoms with Gasteiger partial charge >= 0.3 is 0 Å². The maximum atomic E-state index is 4.55. The molecule has 0 atom stereocenters. The van der Waals surface area contributed by atoms with Crippen LogP contribution in [0.4, 0.5) is 11.5 Å². The molecule has 0 unspecified atom stereocenters. The Morgan fingerprint density at radius 2 is 1.70 bits per heavy atom. The first kappa shape index (κ1) is 17.0. The van der Waals surface area contributed by atoms with Gasteiger partial charge in [-0.1, -0.05) is 43.8 Å². The highest BCUT2D eigenvalue weighted by molar-refractivity contribution is 5.99. The molecule has 4 heteroatoms. The molecule has 0 saturated carbocycles. The smallest absolute Gasteiger partial charge is 0.230 e. The van der Waals surface area contributed by atoms with Crippen molar-refractivity contribution in [2.45, 2.75) is 13.3 Å². The first-order chi connectivity index (χ1) is 13.2. The molecule has 0 aliphatic heterocycles. The Labute approximate surface area is 158 Å². The van der Waals surface area contributed by atoms with Crippen LogP contribution in [0.2, 0.25) is 0 Å². The van der Waals surface area contributed by atoms with E-state index in [1.165, 1.54) is 27.7 Å². The second-order valence-corrected chi connectivity index (χ2v) is 6.54. The van der Waals surface area contributed by atoms with Crippen LogP contribution in [0.15, 0.2) is 78.4 Å². The van der Waals surface area contributed by atoms with Crippen molar-refractivity contribution in [2.24, 2.45) is 12.0 Å². The summed E-state index contributed by atoms with van der Waals surface area (Å²) in [6.45, 7) is 5.77. The topological polar surface area (TPSA) is 42.2 Å². The van der Waals surface area contributed by atoms with Gasteiger partial charge in [-0.25, -0.2) is 9.98 Å². The van der Waals surface area contributed by atoms with Gasteiger partial charge in [0.25, 0.3) is 0 Å². The molecule has 4 rings (SSSR count). The minimum atomic E-state index is 0.638. The van der Waals surface area contributed by atoms with E-state index in [2.05, 4.69) is 89.5 Å². The van der Waals surface area contributed by atoms with Gasteiger partial charge in [0, 0.05) is 30.7 Å². The molecular formula is C23H22N4. The molecule has 0 radical (unpaired) electrons. The molecule has 0 fully saturated rings. The lowest BCUT2D eigenvalue weighted by Crippen LogP contribution is -2.25. The fourth-order valence-corrected chi connectivity index (χ4v) is 3.26. The highest BCUT2D eigenvalue weighted by Gasteiger charge is 2.05. The number of aromatic nitrogens is 2. The highest BCUT2D eigenvalue weighted by atomic mass is 15.2. The van der Waals surface area contributed by atoms with E-state index in [4.69, 9.17) is 0 Å². The van der Waals surface area contributed by atoms with Gasteiger partial charge in [0.15, 0.2) is 0 Å². The lowest BCUT2D eigenvalue weighted by Gasteiger charge is -2.14. The van der Waals surface area contributed by atoms with Crippen LogP contribution in [0.25, 0.3) is 21.5 Å². The summed E-state index contributed by atoms with van der Waals surface area (Å²) in [5.41, 5.74) is 2.66. The van der Waals surface area contributed by atoms with Gasteiger partial charge in [-0.15, -0.1) is 0 Å². The fourth-order valence-electron chi connectivity index (χ4n) is 3.26. The molecule has 0 amide bonds. The zero-order chi connectivity index (χ0) is 18.8. The summed E-state index contributed by atoms with van der Waals surface area (Å²) in [6, 6.07) is 21.4. The van der Waals surface area contributed by atoms with Crippen molar-refractivity contribution in [2.75, 3.05) is 5.32 Å². The second-order valence-electron chi connectivity index (χ2n) is 6.54. The molecule has 4 nitrogen and oxygen atoms in total. The maximum Gasteiger partial charge on any atom is 0.230 e. The number of aryl methyl sites for hydroxylation is 1. The molecule has 0 saturated heterocycles. The minimum absolute atomic E-state index is 0.638. The van der Waals surface area contributed by atoms with Crippen molar-refractivity contribution in [1.29, 1.82) is 0 Å². The minimum Gasteiger partial charge on any atom is -0.342 e. The molecule has 1 heterocycles. The number of hydrogen-bond acceptors (Lipinski definition) is 3. The zero-order valence-corrected chi connectivity index (χ0v) is 15.6. The zero-order valence-electron chi connectivity index (χ0n) is 15.6. The molecule has 1 aromatic heterocycles. The molecule has 3 aromatic carbocycles. The SMILES string of the molecule is C=CN=c1nc(CC)cc(Nc2ccc3cc4ccccc4cc3c2)n1C. The fraction of sp³-hybridized carbons (Fsp3) is 0.130. The molecule has 0 aliphatic carbocycles. The van der Waals surface area contributed by atoms with Crippen LogP contribution in [0, 0.1) is 0 Å². The molecule has 134 valence electrons. The summed E-state index contributed by atoms with van der Waals surface area (Å²) in [7, 11) is 1.95. The van der Waals surface area contributed by atoms with E-state index in [9.17, 15) is 0 Å². The average Bonchev–Trinajstić information content (AvgIpc) is 2.69. The third-order valence-corrected chi connectivity index (χ3v) is 4.75. The molecule has 0 aliphatic rings. The molecule has 27 heavy (non-hydrogen) atoms. The van der Waals surface area contributed by atoms with Gasteiger partial charge in [-0.05, 0) is 52.2 Å². The van der Waals surface area contributed by atoms with Crippen LogP contribution in [0.5, 0.6) is 0 Å². The Kier molecular flexibility index (Phi) is 4.47. The Bertz CT molecular complexity index is 1220. The van der Waals surface area contributed by atoms with Crippen LogP contribution >= 0.6 is 0 Å². The quantitative estimate of drug-likeness (QED) is 0.520. The van der Waals surface area contributed by atoms with Gasteiger partial charge in [0.2, 0.25) is 5.62 Å². The van der Waals surface area contributed by atoms with Crippen molar-refractivity contribution in [3.05, 3.63) is 84.8 Å². The van der Waals surface area contributed by atoms with Crippen molar-refractivity contribution < 1.29 is 0 Å². The third-order valence-electron chi connectivity index (χ3n) is 4.75. The normalized spacial score (nSPS) is 11.9. The Morgan fingerprint density at radius 1 is 1.00 bits per heavy atom. The molecule has 0 bridgehead atoms. The van der Waals surface area contributed by atoms with E-state index < -0.39 is 0 Å². The highest BCUT2D eigenvalue weighted by Crippen LogP contribution is 2.26. The Hall–Kier alpha value is -3.40. The predicted molar refractivity (Wildman–Crippen MR) is 113 cm³/mol. The van der Waals surface area contributed by atoms with Gasteiger partial charge in [-0.3, -0.25) is 4.57 Å². The number of nitrogens with zero attached hydrogens (tertiary/aromatic N) is 3. The molecular weight excluding hydrogens is 332 g/mol. The summed E-state index contributed by atoms with van der Waals surface area (Å²) in [5.74, 6) is 0.947. The van der Waals surface area contributed by atoms with E-state index in [-0.39, 0.29) is 0 Å². The summed E-state index contributed by atoms with van der Waals surface area (Å²) < 4.78 is 1.94. The first-order valence-electron chi connectivity index (χ1n) is 9.09. The van der Waals surface area contributed by atoms with Gasteiger partial charge < -0.3 is 5.32 Å². The second kappa shape index (κ2) is 7.08. The van der Waals surface area contributed by atoms with Gasteiger partial charge in [0.1, 0.15) is 5.82 Å². The van der Waals surface area contributed by atoms with Gasteiger partial charge in [-0.2, -0.15) is 0 Å². The van der Waals surface area contributed by atoms with E-state index in [0.717, 1.165) is 23.6 Å². The largest absolute Gasteiger partial charge is 0.342 e. The third kappa shape index (κ3) is 3.34.